The molecule has 0 aromatic carbocycles. The summed E-state index contributed by atoms with van der Waals surface area (Å²) < 4.78 is 0. The van der Waals surface area contributed by atoms with Crippen molar-refractivity contribution < 1.29 is 15.0 Å². The molecule has 3 heteroatoms. The highest BCUT2D eigenvalue weighted by molar-refractivity contribution is 5.66. The van der Waals surface area contributed by atoms with E-state index in [0.29, 0.717) is 6.42 Å². The minimum atomic E-state index is -0.679. The van der Waals surface area contributed by atoms with E-state index >= 15 is 0 Å². The molecule has 0 aliphatic rings. The minimum absolute atomic E-state index is 0.316. The molecule has 1 atom stereocenters. The van der Waals surface area contributed by atoms with Gasteiger partial charge in [-0.15, -0.1) is 0 Å². The van der Waals surface area contributed by atoms with Crippen LogP contribution in [-0.2, 0) is 4.79 Å². The fourth-order valence-electron chi connectivity index (χ4n) is 2.27. The molecule has 0 rings (SSSR count). The first-order chi connectivity index (χ1) is 9.54. The smallest absolute Gasteiger partial charge is 0.303 e. The Balaban J connectivity index is 3.10. The summed E-state index contributed by atoms with van der Waals surface area (Å²) in [6.45, 7) is 5.63. The van der Waals surface area contributed by atoms with Crippen LogP contribution in [0.25, 0.3) is 0 Å². The molecule has 0 fully saturated rings. The maximum absolute atomic E-state index is 10.3. The van der Waals surface area contributed by atoms with Crippen LogP contribution in [0.1, 0.15) is 84.0 Å². The Morgan fingerprint density at radius 1 is 0.900 bits per heavy atom. The van der Waals surface area contributed by atoms with Crippen LogP contribution in [0.15, 0.2) is 12.2 Å². The molecule has 0 spiro atoms. The SMILES string of the molecule is C=C(C)C(O)CCCCCCCCCCCCC(=O)O. The molecule has 0 bridgehead atoms. The van der Waals surface area contributed by atoms with Gasteiger partial charge in [-0.05, 0) is 19.8 Å². The standard InChI is InChI=1S/C17H32O3/c1-15(2)16(18)13-11-9-7-5-3-4-6-8-10-12-14-17(19)20/h16,18H,1,3-14H2,2H3,(H,19,20). The Morgan fingerprint density at radius 2 is 1.30 bits per heavy atom. The predicted molar refractivity (Wildman–Crippen MR) is 83.9 cm³/mol. The lowest BCUT2D eigenvalue weighted by Crippen LogP contribution is -2.06. The van der Waals surface area contributed by atoms with Crippen molar-refractivity contribution in [3.05, 3.63) is 12.2 Å². The maximum atomic E-state index is 10.3. The van der Waals surface area contributed by atoms with Crippen LogP contribution in [-0.4, -0.2) is 22.3 Å². The number of rotatable bonds is 14. The second-order valence-electron chi connectivity index (χ2n) is 5.83. The molecule has 0 radical (unpaired) electrons. The fraction of sp³-hybridized carbons (Fsp3) is 0.824. The number of carboxylic acid groups (broad SMARTS) is 1. The van der Waals surface area contributed by atoms with Crippen LogP contribution >= 0.6 is 0 Å². The summed E-state index contributed by atoms with van der Waals surface area (Å²) in [7, 11) is 0. The first-order valence-corrected chi connectivity index (χ1v) is 8.09. The third-order valence-corrected chi connectivity index (χ3v) is 3.69. The van der Waals surface area contributed by atoms with Gasteiger partial charge in [0.2, 0.25) is 0 Å². The number of carbonyl (C=O) groups is 1. The highest BCUT2D eigenvalue weighted by Crippen LogP contribution is 2.13. The van der Waals surface area contributed by atoms with E-state index in [-0.39, 0.29) is 6.10 Å². The molecule has 0 saturated heterocycles. The molecule has 0 aliphatic heterocycles. The van der Waals surface area contributed by atoms with Crippen LogP contribution < -0.4 is 0 Å². The average molecular weight is 284 g/mol. The van der Waals surface area contributed by atoms with Gasteiger partial charge in [-0.3, -0.25) is 4.79 Å². The van der Waals surface area contributed by atoms with Gasteiger partial charge in [-0.2, -0.15) is 0 Å². The van der Waals surface area contributed by atoms with Crippen molar-refractivity contribution >= 4 is 5.97 Å². The summed E-state index contributed by atoms with van der Waals surface area (Å²) in [5.41, 5.74) is 0.868. The molecule has 3 nitrogen and oxygen atoms in total. The van der Waals surface area contributed by atoms with Gasteiger partial charge in [-0.25, -0.2) is 0 Å². The number of unbranched alkanes of at least 4 members (excludes halogenated alkanes) is 9. The maximum Gasteiger partial charge on any atom is 0.303 e. The van der Waals surface area contributed by atoms with E-state index in [1.807, 2.05) is 6.92 Å². The Labute approximate surface area is 124 Å². The topological polar surface area (TPSA) is 57.5 Å². The largest absolute Gasteiger partial charge is 0.481 e. The van der Waals surface area contributed by atoms with Gasteiger partial charge < -0.3 is 10.2 Å². The fourth-order valence-corrected chi connectivity index (χ4v) is 2.27. The van der Waals surface area contributed by atoms with Gasteiger partial charge in [0.1, 0.15) is 0 Å². The van der Waals surface area contributed by atoms with E-state index in [4.69, 9.17) is 5.11 Å². The molecule has 1 unspecified atom stereocenters. The van der Waals surface area contributed by atoms with E-state index in [1.165, 1.54) is 38.5 Å². The quantitative estimate of drug-likeness (QED) is 0.359. The van der Waals surface area contributed by atoms with E-state index in [1.54, 1.807) is 0 Å². The van der Waals surface area contributed by atoms with Crippen molar-refractivity contribution in [3.63, 3.8) is 0 Å². The Morgan fingerprint density at radius 3 is 1.70 bits per heavy atom. The van der Waals surface area contributed by atoms with Gasteiger partial charge in [0.25, 0.3) is 0 Å². The second-order valence-corrected chi connectivity index (χ2v) is 5.83. The molecule has 0 heterocycles. The second kappa shape index (κ2) is 13.2. The van der Waals surface area contributed by atoms with Crippen molar-refractivity contribution in [2.24, 2.45) is 0 Å². The van der Waals surface area contributed by atoms with Gasteiger partial charge in [0.05, 0.1) is 6.10 Å². The number of hydrogen-bond donors (Lipinski definition) is 2. The molecule has 0 saturated carbocycles. The molecule has 20 heavy (non-hydrogen) atoms. The summed E-state index contributed by atoms with van der Waals surface area (Å²) >= 11 is 0. The van der Waals surface area contributed by atoms with Gasteiger partial charge in [0, 0.05) is 6.42 Å². The first-order valence-electron chi connectivity index (χ1n) is 8.09. The zero-order valence-electron chi connectivity index (χ0n) is 13.1. The molecule has 0 amide bonds. The van der Waals surface area contributed by atoms with Crippen LogP contribution in [0.2, 0.25) is 0 Å². The molecule has 2 N–H and O–H groups in total. The molecule has 0 aromatic rings. The molecular formula is C17H32O3. The summed E-state index contributed by atoms with van der Waals surface area (Å²) in [5, 5.41) is 18.1. The zero-order chi connectivity index (χ0) is 15.2. The van der Waals surface area contributed by atoms with Gasteiger partial charge >= 0.3 is 5.97 Å². The summed E-state index contributed by atoms with van der Waals surface area (Å²) in [6.07, 6.45) is 12.5. The van der Waals surface area contributed by atoms with E-state index < -0.39 is 5.97 Å². The van der Waals surface area contributed by atoms with Crippen molar-refractivity contribution in [2.75, 3.05) is 0 Å². The number of carboxylic acids is 1. The van der Waals surface area contributed by atoms with Gasteiger partial charge in [0.15, 0.2) is 0 Å². The van der Waals surface area contributed by atoms with Crippen molar-refractivity contribution in [1.82, 2.24) is 0 Å². The van der Waals surface area contributed by atoms with E-state index in [0.717, 1.165) is 37.7 Å². The van der Waals surface area contributed by atoms with Crippen molar-refractivity contribution in [3.8, 4) is 0 Å². The average Bonchev–Trinajstić information content (AvgIpc) is 2.39. The number of aliphatic carboxylic acids is 1. The molecule has 0 aliphatic carbocycles. The van der Waals surface area contributed by atoms with Crippen LogP contribution in [0, 0.1) is 0 Å². The zero-order valence-corrected chi connectivity index (χ0v) is 13.1. The predicted octanol–water partition coefficient (Wildman–Crippen LogP) is 4.69. The lowest BCUT2D eigenvalue weighted by molar-refractivity contribution is -0.137. The number of hydrogen-bond acceptors (Lipinski definition) is 2. The van der Waals surface area contributed by atoms with Crippen LogP contribution in [0.3, 0.4) is 0 Å². The summed E-state index contributed by atoms with van der Waals surface area (Å²) in [6, 6.07) is 0. The van der Waals surface area contributed by atoms with Crippen molar-refractivity contribution in [2.45, 2.75) is 90.1 Å². The highest BCUT2D eigenvalue weighted by atomic mass is 16.4. The van der Waals surface area contributed by atoms with E-state index in [9.17, 15) is 9.90 Å². The highest BCUT2D eigenvalue weighted by Gasteiger charge is 2.03. The van der Waals surface area contributed by atoms with Crippen molar-refractivity contribution in [1.29, 1.82) is 0 Å². The molecule has 0 aromatic heterocycles. The Kier molecular flexibility index (Phi) is 12.6. The third kappa shape index (κ3) is 13.6. The Bertz CT molecular complexity index is 261. The summed E-state index contributed by atoms with van der Waals surface area (Å²) in [4.78, 5) is 10.3. The number of aliphatic hydroxyl groups excluding tert-OH is 1. The lowest BCUT2D eigenvalue weighted by Gasteiger charge is -2.09. The monoisotopic (exact) mass is 284 g/mol. The summed E-state index contributed by atoms with van der Waals surface area (Å²) in [5.74, 6) is -0.679. The molecule has 118 valence electrons. The normalized spacial score (nSPS) is 12.3. The minimum Gasteiger partial charge on any atom is -0.481 e. The van der Waals surface area contributed by atoms with Gasteiger partial charge in [-0.1, -0.05) is 69.9 Å². The van der Waals surface area contributed by atoms with Crippen LogP contribution in [0.4, 0.5) is 0 Å². The lowest BCUT2D eigenvalue weighted by atomic mass is 10.0. The third-order valence-electron chi connectivity index (χ3n) is 3.69. The van der Waals surface area contributed by atoms with E-state index in [2.05, 4.69) is 6.58 Å². The molecular weight excluding hydrogens is 252 g/mol. The van der Waals surface area contributed by atoms with Crippen LogP contribution in [0.5, 0.6) is 0 Å². The Hall–Kier alpha value is -0.830. The first kappa shape index (κ1) is 19.2. The number of aliphatic hydroxyl groups is 1.